The van der Waals surface area contributed by atoms with Crippen LogP contribution in [0.3, 0.4) is 0 Å². The molecule has 0 saturated carbocycles. The van der Waals surface area contributed by atoms with Gasteiger partial charge in [0.25, 0.3) is 11.7 Å². The molecule has 0 radical (unpaired) electrons. The Morgan fingerprint density at radius 1 is 1.73 bits per heavy atom. The second kappa shape index (κ2) is 3.35. The fourth-order valence-electron chi connectivity index (χ4n) is 0.707. The van der Waals surface area contributed by atoms with E-state index >= 15 is 0 Å². The molecule has 0 N–H and O–H groups in total. The smallest absolute Gasteiger partial charge is 0.273 e. The Balaban J connectivity index is 2.90. The minimum absolute atomic E-state index is 0.410. The summed E-state index contributed by atoms with van der Waals surface area (Å²) in [5, 5.41) is 0.640. The number of hydrogen-bond acceptors (Lipinski definition) is 3. The van der Waals surface area contributed by atoms with Gasteiger partial charge in [0.05, 0.1) is 12.8 Å². The Hall–Kier alpha value is -1.08. The van der Waals surface area contributed by atoms with E-state index in [0.29, 0.717) is 11.7 Å². The van der Waals surface area contributed by atoms with Gasteiger partial charge in [0.2, 0.25) is 0 Å². The van der Waals surface area contributed by atoms with E-state index in [-0.39, 0.29) is 0 Å². The second-order valence-corrected chi connectivity index (χ2v) is 3.05. The van der Waals surface area contributed by atoms with Crippen molar-refractivity contribution in [1.82, 2.24) is 4.98 Å². The first kappa shape index (κ1) is 8.02. The molecule has 0 aliphatic heterocycles. The molecule has 58 valence electrons. The van der Waals surface area contributed by atoms with Crippen LogP contribution < -0.4 is 4.74 Å². The Labute approximate surface area is 69.5 Å². The molecular weight excluding hydrogens is 160 g/mol. The summed E-state index contributed by atoms with van der Waals surface area (Å²) in [7, 11) is 1.58. The van der Waals surface area contributed by atoms with Gasteiger partial charge in [0.1, 0.15) is 4.88 Å². The molecule has 0 unspecified atom stereocenters. The van der Waals surface area contributed by atoms with Crippen LogP contribution >= 0.6 is 11.3 Å². The van der Waals surface area contributed by atoms with E-state index in [1.54, 1.807) is 7.11 Å². The molecule has 0 atom stereocenters. The van der Waals surface area contributed by atoms with Crippen LogP contribution in [-0.2, 0) is 6.54 Å². The summed E-state index contributed by atoms with van der Waals surface area (Å²) in [6.45, 7) is 8.96. The fourth-order valence-corrected chi connectivity index (χ4v) is 1.51. The molecule has 0 saturated heterocycles. The van der Waals surface area contributed by atoms with E-state index in [1.807, 2.05) is 6.92 Å². The molecule has 11 heavy (non-hydrogen) atoms. The standard InChI is InChI=1S/C7H8N2OS/c1-5-6(4-8-2)11-7(9-5)10-3/h4H2,1,3H3. The van der Waals surface area contributed by atoms with Crippen molar-refractivity contribution in [2.24, 2.45) is 0 Å². The number of hydrogen-bond donors (Lipinski definition) is 0. The predicted octanol–water partition coefficient (Wildman–Crippen LogP) is 1.88. The van der Waals surface area contributed by atoms with Crippen molar-refractivity contribution < 1.29 is 4.74 Å². The zero-order valence-corrected chi connectivity index (χ0v) is 7.23. The predicted molar refractivity (Wildman–Crippen MR) is 43.7 cm³/mol. The summed E-state index contributed by atoms with van der Waals surface area (Å²) in [6.07, 6.45) is 0. The topological polar surface area (TPSA) is 26.5 Å². The molecule has 3 nitrogen and oxygen atoms in total. The van der Waals surface area contributed by atoms with E-state index in [4.69, 9.17) is 11.3 Å². The quantitative estimate of drug-likeness (QED) is 0.630. The number of thiazole rings is 1. The van der Waals surface area contributed by atoms with Gasteiger partial charge >= 0.3 is 0 Å². The first-order valence-electron chi connectivity index (χ1n) is 3.11. The first-order valence-corrected chi connectivity index (χ1v) is 3.93. The molecule has 0 spiro atoms. The van der Waals surface area contributed by atoms with Crippen molar-refractivity contribution in [2.75, 3.05) is 7.11 Å². The van der Waals surface area contributed by atoms with Crippen molar-refractivity contribution in [1.29, 1.82) is 0 Å². The third kappa shape index (κ3) is 1.69. The van der Waals surface area contributed by atoms with Gasteiger partial charge in [-0.05, 0) is 6.92 Å². The number of aromatic nitrogens is 1. The summed E-state index contributed by atoms with van der Waals surface area (Å²) < 4.78 is 4.93. The van der Waals surface area contributed by atoms with Gasteiger partial charge in [0, 0.05) is 0 Å². The molecule has 0 aliphatic rings. The largest absolute Gasteiger partial charge is 0.473 e. The van der Waals surface area contributed by atoms with Gasteiger partial charge in [0.15, 0.2) is 0 Å². The summed E-state index contributed by atoms with van der Waals surface area (Å²) >= 11 is 1.44. The lowest BCUT2D eigenvalue weighted by molar-refractivity contribution is 0.411. The van der Waals surface area contributed by atoms with Crippen LogP contribution in [-0.4, -0.2) is 12.1 Å². The Morgan fingerprint density at radius 3 is 2.91 bits per heavy atom. The van der Waals surface area contributed by atoms with Gasteiger partial charge < -0.3 is 9.58 Å². The fraction of sp³-hybridized carbons (Fsp3) is 0.429. The molecule has 0 bridgehead atoms. The van der Waals surface area contributed by atoms with Crippen LogP contribution in [0.4, 0.5) is 0 Å². The molecule has 0 aliphatic carbocycles. The molecule has 0 amide bonds. The van der Waals surface area contributed by atoms with Crippen LogP contribution in [0.1, 0.15) is 10.6 Å². The van der Waals surface area contributed by atoms with E-state index < -0.39 is 0 Å². The van der Waals surface area contributed by atoms with Crippen LogP contribution in [0.25, 0.3) is 4.85 Å². The lowest BCUT2D eigenvalue weighted by atomic mass is 10.4. The van der Waals surface area contributed by atoms with E-state index in [9.17, 15) is 0 Å². The van der Waals surface area contributed by atoms with Crippen LogP contribution in [0.15, 0.2) is 0 Å². The van der Waals surface area contributed by atoms with E-state index in [2.05, 4.69) is 9.83 Å². The van der Waals surface area contributed by atoms with Gasteiger partial charge in [-0.2, -0.15) is 0 Å². The molecule has 4 heteroatoms. The van der Waals surface area contributed by atoms with Crippen LogP contribution in [0.2, 0.25) is 0 Å². The maximum absolute atomic E-state index is 6.67. The van der Waals surface area contributed by atoms with Crippen molar-refractivity contribution >= 4 is 11.3 Å². The van der Waals surface area contributed by atoms with Gasteiger partial charge in [-0.1, -0.05) is 11.3 Å². The van der Waals surface area contributed by atoms with Gasteiger partial charge in [-0.15, -0.1) is 0 Å². The molecular formula is C7H8N2OS. The van der Waals surface area contributed by atoms with E-state index in [1.165, 1.54) is 11.3 Å². The molecule has 1 aromatic heterocycles. The molecule has 1 aromatic rings. The van der Waals surface area contributed by atoms with Gasteiger partial charge in [-0.3, -0.25) is 0 Å². The lowest BCUT2D eigenvalue weighted by Gasteiger charge is -1.85. The minimum atomic E-state index is 0.410. The maximum Gasteiger partial charge on any atom is 0.273 e. The highest BCUT2D eigenvalue weighted by molar-refractivity contribution is 7.13. The van der Waals surface area contributed by atoms with Crippen LogP contribution in [0, 0.1) is 13.5 Å². The Morgan fingerprint density at radius 2 is 2.45 bits per heavy atom. The zero-order valence-electron chi connectivity index (χ0n) is 6.42. The number of ether oxygens (including phenoxy) is 1. The molecule has 0 aromatic carbocycles. The van der Waals surface area contributed by atoms with Crippen molar-refractivity contribution in [3.05, 3.63) is 22.0 Å². The first-order chi connectivity index (χ1) is 5.27. The zero-order chi connectivity index (χ0) is 8.27. The Kier molecular flexibility index (Phi) is 2.44. The third-order valence-electron chi connectivity index (χ3n) is 1.27. The molecule has 1 heterocycles. The number of aryl methyl sites for hydroxylation is 1. The van der Waals surface area contributed by atoms with Crippen molar-refractivity contribution in [2.45, 2.75) is 13.5 Å². The summed E-state index contributed by atoms with van der Waals surface area (Å²) in [6, 6.07) is 0. The highest BCUT2D eigenvalue weighted by atomic mass is 32.1. The van der Waals surface area contributed by atoms with Gasteiger partial charge in [-0.25, -0.2) is 11.6 Å². The average Bonchev–Trinajstić information content (AvgIpc) is 2.33. The molecule has 1 rings (SSSR count). The maximum atomic E-state index is 6.67. The minimum Gasteiger partial charge on any atom is -0.473 e. The average molecular weight is 168 g/mol. The SMILES string of the molecule is [C-]#[N+]Cc1sc(OC)nc1C. The number of methoxy groups -OCH3 is 1. The third-order valence-corrected chi connectivity index (χ3v) is 2.37. The summed E-state index contributed by atoms with van der Waals surface area (Å²) in [4.78, 5) is 8.38. The van der Waals surface area contributed by atoms with Crippen LogP contribution in [0.5, 0.6) is 5.19 Å². The van der Waals surface area contributed by atoms with Crippen molar-refractivity contribution in [3.8, 4) is 5.19 Å². The summed E-state index contributed by atoms with van der Waals surface area (Å²) in [5.74, 6) is 0. The monoisotopic (exact) mass is 168 g/mol. The number of rotatable bonds is 2. The molecule has 0 fully saturated rings. The number of nitrogens with zero attached hydrogens (tertiary/aromatic N) is 2. The van der Waals surface area contributed by atoms with E-state index in [0.717, 1.165) is 10.6 Å². The lowest BCUT2D eigenvalue weighted by Crippen LogP contribution is -1.80. The van der Waals surface area contributed by atoms with Crippen molar-refractivity contribution in [3.63, 3.8) is 0 Å². The Bertz CT molecular complexity index is 287. The second-order valence-electron chi connectivity index (χ2n) is 2.01. The highest BCUT2D eigenvalue weighted by Gasteiger charge is 2.08. The normalized spacial score (nSPS) is 9.18. The summed E-state index contributed by atoms with van der Waals surface area (Å²) in [5.41, 5.74) is 0.905. The highest BCUT2D eigenvalue weighted by Crippen LogP contribution is 2.24.